The lowest BCUT2D eigenvalue weighted by Gasteiger charge is -2.10. The molecule has 21 heavy (non-hydrogen) atoms. The zero-order chi connectivity index (χ0) is 15.3. The molecule has 0 N–H and O–H groups in total. The van der Waals surface area contributed by atoms with Gasteiger partial charge < -0.3 is 9.30 Å². The van der Waals surface area contributed by atoms with E-state index < -0.39 is 0 Å². The lowest BCUT2D eigenvalue weighted by atomic mass is 10.3. The van der Waals surface area contributed by atoms with Crippen LogP contribution in [-0.4, -0.2) is 36.6 Å². The van der Waals surface area contributed by atoms with E-state index in [1.807, 2.05) is 10.8 Å². The maximum atomic E-state index is 5.74. The molecule has 0 saturated heterocycles. The minimum Gasteiger partial charge on any atom is -0.356 e. The van der Waals surface area contributed by atoms with Crippen molar-refractivity contribution in [2.45, 2.75) is 32.2 Å². The maximum Gasteiger partial charge on any atom is 0.163 e. The smallest absolute Gasteiger partial charge is 0.163 e. The Morgan fingerprint density at radius 3 is 2.81 bits per heavy atom. The summed E-state index contributed by atoms with van der Waals surface area (Å²) in [6.45, 7) is 7.88. The molecule has 2 aromatic rings. The summed E-state index contributed by atoms with van der Waals surface area (Å²) in [7, 11) is 0. The van der Waals surface area contributed by atoms with Crippen LogP contribution in [0.15, 0.2) is 29.4 Å². The monoisotopic (exact) mass is 371 g/mol. The summed E-state index contributed by atoms with van der Waals surface area (Å²) in [6, 6.07) is 0. The van der Waals surface area contributed by atoms with Gasteiger partial charge in [-0.2, -0.15) is 0 Å². The fourth-order valence-electron chi connectivity index (χ4n) is 1.71. The molecule has 0 atom stereocenters. The van der Waals surface area contributed by atoms with Gasteiger partial charge in [0.15, 0.2) is 5.82 Å². The first kappa shape index (κ1) is 16.5. The van der Waals surface area contributed by atoms with Crippen LogP contribution in [0.1, 0.15) is 20.8 Å². The SMILES string of the molecule is CC(C)(C)[SH+]CCOCn1cc(Br)nc1-c1cnccn1. The van der Waals surface area contributed by atoms with Crippen molar-refractivity contribution in [1.82, 2.24) is 19.5 Å². The molecule has 2 heterocycles. The van der Waals surface area contributed by atoms with Gasteiger partial charge in [0.1, 0.15) is 27.5 Å². The molecule has 2 rings (SSSR count). The van der Waals surface area contributed by atoms with Crippen molar-refractivity contribution in [3.63, 3.8) is 0 Å². The van der Waals surface area contributed by atoms with Crippen molar-refractivity contribution < 1.29 is 4.74 Å². The van der Waals surface area contributed by atoms with E-state index in [0.29, 0.717) is 11.5 Å². The molecule has 0 radical (unpaired) electrons. The summed E-state index contributed by atoms with van der Waals surface area (Å²) >= 11 is 4.79. The van der Waals surface area contributed by atoms with Crippen molar-refractivity contribution in [2.75, 3.05) is 12.4 Å². The zero-order valence-electron chi connectivity index (χ0n) is 12.5. The van der Waals surface area contributed by atoms with E-state index in [1.165, 1.54) is 11.8 Å². The highest BCUT2D eigenvalue weighted by atomic mass is 79.9. The van der Waals surface area contributed by atoms with Crippen LogP contribution in [0.4, 0.5) is 0 Å². The number of nitrogens with zero attached hydrogens (tertiary/aromatic N) is 4. The highest BCUT2D eigenvalue weighted by molar-refractivity contribution is 9.10. The van der Waals surface area contributed by atoms with Gasteiger partial charge >= 0.3 is 0 Å². The number of rotatable bonds is 6. The molecule has 0 bridgehead atoms. The van der Waals surface area contributed by atoms with Gasteiger partial charge in [-0.05, 0) is 48.5 Å². The quantitative estimate of drug-likeness (QED) is 0.445. The van der Waals surface area contributed by atoms with Gasteiger partial charge in [0.25, 0.3) is 0 Å². The predicted molar refractivity (Wildman–Crippen MR) is 90.3 cm³/mol. The standard InChI is InChI=1S/C14H19BrN4OS/c1-14(2,3)21-7-6-20-10-19-9-12(15)18-13(19)11-8-16-4-5-17-11/h4-5,8-9H,6-7,10H2,1-3H3/p+1. The minimum absolute atomic E-state index is 0.326. The molecular formula is C14H20BrN4OS+. The van der Waals surface area contributed by atoms with Gasteiger partial charge in [-0.25, -0.2) is 9.97 Å². The molecule has 0 saturated carbocycles. The number of halogens is 1. The largest absolute Gasteiger partial charge is 0.356 e. The summed E-state index contributed by atoms with van der Waals surface area (Å²) in [5, 5.41) is 0. The van der Waals surface area contributed by atoms with Crippen molar-refractivity contribution in [1.29, 1.82) is 0 Å². The van der Waals surface area contributed by atoms with Crippen molar-refractivity contribution >= 4 is 27.7 Å². The Labute approximate surface area is 137 Å². The van der Waals surface area contributed by atoms with Crippen LogP contribution in [0.2, 0.25) is 0 Å². The Hall–Kier alpha value is -0.920. The number of imidazole rings is 1. The Morgan fingerprint density at radius 1 is 1.33 bits per heavy atom. The van der Waals surface area contributed by atoms with Crippen molar-refractivity contribution in [3.8, 4) is 11.5 Å². The lowest BCUT2D eigenvalue weighted by Crippen LogP contribution is -2.20. The van der Waals surface area contributed by atoms with Crippen molar-refractivity contribution in [2.24, 2.45) is 0 Å². The second-order valence-corrected chi connectivity index (χ2v) is 8.46. The summed E-state index contributed by atoms with van der Waals surface area (Å²) < 4.78 is 8.76. The van der Waals surface area contributed by atoms with Gasteiger partial charge in [0.2, 0.25) is 0 Å². The molecule has 0 amide bonds. The third-order valence-corrected chi connectivity index (χ3v) is 4.33. The van der Waals surface area contributed by atoms with Crippen LogP contribution in [0, 0.1) is 0 Å². The Balaban J connectivity index is 1.92. The first-order valence-corrected chi connectivity index (χ1v) is 8.58. The van der Waals surface area contributed by atoms with Crippen LogP contribution in [0.3, 0.4) is 0 Å². The average Bonchev–Trinajstić information content (AvgIpc) is 2.79. The van der Waals surface area contributed by atoms with Crippen molar-refractivity contribution in [3.05, 3.63) is 29.4 Å². The van der Waals surface area contributed by atoms with E-state index >= 15 is 0 Å². The summed E-state index contributed by atoms with van der Waals surface area (Å²) in [4.78, 5) is 12.8. The number of hydrogen-bond donors (Lipinski definition) is 0. The third kappa shape index (κ3) is 5.41. The molecule has 0 fully saturated rings. The van der Waals surface area contributed by atoms with Gasteiger partial charge in [-0.3, -0.25) is 4.98 Å². The molecule has 0 spiro atoms. The molecule has 0 aliphatic rings. The summed E-state index contributed by atoms with van der Waals surface area (Å²) in [6.07, 6.45) is 6.90. The molecule has 5 nitrogen and oxygen atoms in total. The highest BCUT2D eigenvalue weighted by Crippen LogP contribution is 2.18. The zero-order valence-corrected chi connectivity index (χ0v) is 14.9. The van der Waals surface area contributed by atoms with Gasteiger partial charge in [0.05, 0.1) is 12.8 Å². The molecule has 0 aliphatic heterocycles. The van der Waals surface area contributed by atoms with E-state index in [-0.39, 0.29) is 0 Å². The minimum atomic E-state index is 0.326. The second kappa shape index (κ2) is 7.38. The normalized spacial score (nSPS) is 11.8. The molecule has 7 heteroatoms. The Morgan fingerprint density at radius 2 is 2.14 bits per heavy atom. The number of aromatic nitrogens is 4. The van der Waals surface area contributed by atoms with E-state index in [4.69, 9.17) is 4.74 Å². The summed E-state index contributed by atoms with van der Waals surface area (Å²) in [5.41, 5.74) is 0.736. The van der Waals surface area contributed by atoms with Crippen LogP contribution in [0.5, 0.6) is 0 Å². The van der Waals surface area contributed by atoms with E-state index in [0.717, 1.165) is 28.5 Å². The molecule has 0 aromatic carbocycles. The predicted octanol–water partition coefficient (Wildman–Crippen LogP) is 2.69. The molecular weight excluding hydrogens is 352 g/mol. The third-order valence-electron chi connectivity index (χ3n) is 2.59. The number of hydrogen-bond acceptors (Lipinski definition) is 4. The average molecular weight is 372 g/mol. The summed E-state index contributed by atoms with van der Waals surface area (Å²) in [5.74, 6) is 1.78. The molecule has 2 aromatic heterocycles. The fraction of sp³-hybridized carbons (Fsp3) is 0.500. The van der Waals surface area contributed by atoms with Gasteiger partial charge in [-0.15, -0.1) is 0 Å². The topological polar surface area (TPSA) is 52.8 Å². The number of ether oxygens (including phenoxy) is 1. The van der Waals surface area contributed by atoms with Gasteiger partial charge in [0, 0.05) is 18.6 Å². The lowest BCUT2D eigenvalue weighted by molar-refractivity contribution is 0.0907. The Bertz CT molecular complexity index is 568. The Kier molecular flexibility index (Phi) is 5.78. The van der Waals surface area contributed by atoms with Crippen LogP contribution in [-0.2, 0) is 23.2 Å². The molecule has 0 unspecified atom stereocenters. The van der Waals surface area contributed by atoms with E-state index in [1.54, 1.807) is 18.6 Å². The maximum absolute atomic E-state index is 5.74. The fourth-order valence-corrected chi connectivity index (χ4v) is 3.02. The van der Waals surface area contributed by atoms with E-state index in [2.05, 4.69) is 51.7 Å². The molecule has 114 valence electrons. The van der Waals surface area contributed by atoms with Crippen LogP contribution in [0.25, 0.3) is 11.5 Å². The second-order valence-electron chi connectivity index (χ2n) is 5.54. The van der Waals surface area contributed by atoms with E-state index in [9.17, 15) is 0 Å². The molecule has 0 aliphatic carbocycles. The van der Waals surface area contributed by atoms with Gasteiger partial charge in [-0.1, -0.05) is 0 Å². The first-order valence-electron chi connectivity index (χ1n) is 6.71. The number of thiol groups is 1. The highest BCUT2D eigenvalue weighted by Gasteiger charge is 2.18. The van der Waals surface area contributed by atoms with Crippen LogP contribution >= 0.6 is 15.9 Å². The first-order chi connectivity index (χ1) is 9.96. The van der Waals surface area contributed by atoms with Crippen LogP contribution < -0.4 is 0 Å².